The number of benzene rings is 3. The van der Waals surface area contributed by atoms with Crippen molar-refractivity contribution in [3.63, 3.8) is 0 Å². The summed E-state index contributed by atoms with van der Waals surface area (Å²) in [5.74, 6) is 0.845. The molecule has 1 fully saturated rings. The molecule has 0 saturated heterocycles. The lowest BCUT2D eigenvalue weighted by Crippen LogP contribution is -2.48. The van der Waals surface area contributed by atoms with Crippen LogP contribution < -0.4 is 19.7 Å². The van der Waals surface area contributed by atoms with Gasteiger partial charge < -0.3 is 14.8 Å². The Balaban J connectivity index is 1.59. The average Bonchev–Trinajstić information content (AvgIpc) is 3.44. The molecule has 1 heterocycles. The van der Waals surface area contributed by atoms with Gasteiger partial charge in [0.1, 0.15) is 29.1 Å². The van der Waals surface area contributed by atoms with Crippen LogP contribution in [0.3, 0.4) is 0 Å². The quantitative estimate of drug-likeness (QED) is 0.273. The van der Waals surface area contributed by atoms with Crippen molar-refractivity contribution in [2.24, 2.45) is 0 Å². The molecule has 2 atom stereocenters. The van der Waals surface area contributed by atoms with Crippen molar-refractivity contribution in [3.05, 3.63) is 78.4 Å². The van der Waals surface area contributed by atoms with Gasteiger partial charge in [0.25, 0.3) is 5.91 Å². The lowest BCUT2D eigenvalue weighted by atomic mass is 9.94. The van der Waals surface area contributed by atoms with Crippen molar-refractivity contribution in [1.29, 1.82) is 0 Å². The topological polar surface area (TPSA) is 98.6 Å². The Morgan fingerprint density at radius 2 is 1.66 bits per heavy atom. The highest BCUT2D eigenvalue weighted by Crippen LogP contribution is 2.33. The molecule has 4 aromatic rings. The van der Waals surface area contributed by atoms with Crippen molar-refractivity contribution < 1.29 is 19.1 Å². The minimum Gasteiger partial charge on any atom is -0.497 e. The van der Waals surface area contributed by atoms with Gasteiger partial charge in [0, 0.05) is 11.7 Å². The number of ether oxygens (including phenoxy) is 2. The predicted molar refractivity (Wildman–Crippen MR) is 158 cm³/mol. The number of carbonyl (C=O) groups is 2. The van der Waals surface area contributed by atoms with Crippen LogP contribution in [-0.4, -0.2) is 46.6 Å². The van der Waals surface area contributed by atoms with E-state index in [9.17, 15) is 9.59 Å². The number of rotatable bonds is 10. The second-order valence-corrected chi connectivity index (χ2v) is 10.4. The molecule has 1 saturated carbocycles. The zero-order valence-corrected chi connectivity index (χ0v) is 23.8. The van der Waals surface area contributed by atoms with Crippen molar-refractivity contribution in [2.45, 2.75) is 64.1 Å². The Hall–Kier alpha value is -4.40. The third kappa shape index (κ3) is 6.19. The molecule has 214 valence electrons. The Labute approximate surface area is 240 Å². The van der Waals surface area contributed by atoms with Gasteiger partial charge in [-0.15, -0.1) is 5.10 Å². The molecule has 9 nitrogen and oxygen atoms in total. The maximum absolute atomic E-state index is 14.5. The van der Waals surface area contributed by atoms with Crippen LogP contribution in [0.5, 0.6) is 11.5 Å². The molecule has 0 radical (unpaired) electrons. The van der Waals surface area contributed by atoms with Crippen molar-refractivity contribution in [3.8, 4) is 11.5 Å². The molecule has 1 aromatic heterocycles. The maximum atomic E-state index is 14.5. The summed E-state index contributed by atoms with van der Waals surface area (Å²) in [5, 5.41) is 11.8. The highest BCUT2D eigenvalue weighted by atomic mass is 16.5. The first-order valence-electron chi connectivity index (χ1n) is 14.3. The number of methoxy groups -OCH3 is 1. The molecule has 0 aliphatic heterocycles. The monoisotopic (exact) mass is 555 g/mol. The lowest BCUT2D eigenvalue weighted by Gasteiger charge is -2.35. The van der Waals surface area contributed by atoms with E-state index in [4.69, 9.17) is 9.47 Å². The summed E-state index contributed by atoms with van der Waals surface area (Å²) in [6.07, 6.45) is 5.19. The zero-order chi connectivity index (χ0) is 28.8. The van der Waals surface area contributed by atoms with E-state index < -0.39 is 12.1 Å². The predicted octanol–water partition coefficient (Wildman–Crippen LogP) is 5.62. The normalized spacial score (nSPS) is 15.2. The summed E-state index contributed by atoms with van der Waals surface area (Å²) >= 11 is 0. The number of hydrogen-bond donors (Lipinski definition) is 1. The Bertz CT molecular complexity index is 1460. The molecule has 41 heavy (non-hydrogen) atoms. The van der Waals surface area contributed by atoms with Crippen LogP contribution in [0.4, 0.5) is 5.69 Å². The highest BCUT2D eigenvalue weighted by Gasteiger charge is 2.37. The number of amides is 2. The minimum absolute atomic E-state index is 0.0750. The van der Waals surface area contributed by atoms with Crippen molar-refractivity contribution in [2.75, 3.05) is 18.6 Å². The number of nitrogens with zero attached hydrogens (tertiary/aromatic N) is 4. The standard InChI is InChI=1S/C32H37N5O4/c1-4-41-27-20-16-25(17-21-27)36(32(39)22(2)37-29-13-9-8-12-28(29)34-35-37)30(23-14-18-26(40-3)19-15-23)31(38)33-24-10-6-5-7-11-24/h8-9,12-22,24,30H,4-7,10-11H2,1-3H3,(H,33,38)/t22-,30+/m0/s1. The zero-order valence-electron chi connectivity index (χ0n) is 23.8. The van der Waals surface area contributed by atoms with Crippen molar-refractivity contribution >= 4 is 28.5 Å². The van der Waals surface area contributed by atoms with Gasteiger partial charge in [0.2, 0.25) is 5.91 Å². The van der Waals surface area contributed by atoms with Gasteiger partial charge >= 0.3 is 0 Å². The molecule has 1 N–H and O–H groups in total. The smallest absolute Gasteiger partial charge is 0.252 e. The van der Waals surface area contributed by atoms with E-state index in [0.29, 0.717) is 34.9 Å². The van der Waals surface area contributed by atoms with Crippen molar-refractivity contribution in [1.82, 2.24) is 20.3 Å². The van der Waals surface area contributed by atoms with Gasteiger partial charge in [0.05, 0.1) is 19.2 Å². The Morgan fingerprint density at radius 1 is 0.976 bits per heavy atom. The fraction of sp³-hybridized carbons (Fsp3) is 0.375. The van der Waals surface area contributed by atoms with Crippen LogP contribution in [0.25, 0.3) is 11.0 Å². The van der Waals surface area contributed by atoms with Crippen LogP contribution in [0.1, 0.15) is 63.6 Å². The maximum Gasteiger partial charge on any atom is 0.252 e. The van der Waals surface area contributed by atoms with Crippen LogP contribution in [0.15, 0.2) is 72.8 Å². The molecule has 0 bridgehead atoms. The highest BCUT2D eigenvalue weighted by molar-refractivity contribution is 6.03. The molecule has 2 amide bonds. The number of para-hydroxylation sites is 1. The molecule has 0 spiro atoms. The molecular formula is C32H37N5O4. The molecule has 1 aliphatic rings. The van der Waals surface area contributed by atoms with E-state index in [1.165, 1.54) is 6.42 Å². The molecule has 1 aliphatic carbocycles. The second-order valence-electron chi connectivity index (χ2n) is 10.4. The number of anilines is 1. The number of nitrogens with one attached hydrogen (secondary N) is 1. The summed E-state index contributed by atoms with van der Waals surface area (Å²) in [6, 6.07) is 20.5. The van der Waals surface area contributed by atoms with Crippen LogP contribution in [0.2, 0.25) is 0 Å². The van der Waals surface area contributed by atoms with E-state index >= 15 is 0 Å². The van der Waals surface area contributed by atoms with E-state index in [1.807, 2.05) is 79.7 Å². The molecule has 0 unspecified atom stereocenters. The first-order valence-corrected chi connectivity index (χ1v) is 14.3. The van der Waals surface area contributed by atoms with E-state index in [1.54, 1.807) is 23.6 Å². The third-order valence-corrected chi connectivity index (χ3v) is 7.65. The fourth-order valence-electron chi connectivity index (χ4n) is 5.48. The second kappa shape index (κ2) is 12.8. The molecular weight excluding hydrogens is 518 g/mol. The lowest BCUT2D eigenvalue weighted by molar-refractivity contribution is -0.128. The van der Waals surface area contributed by atoms with Crippen LogP contribution in [-0.2, 0) is 9.59 Å². The first kappa shape index (κ1) is 28.1. The third-order valence-electron chi connectivity index (χ3n) is 7.65. The molecule has 5 rings (SSSR count). The minimum atomic E-state index is -0.925. The van der Waals surface area contributed by atoms with Gasteiger partial charge in [-0.1, -0.05) is 48.7 Å². The SMILES string of the molecule is CCOc1ccc(N(C(=O)[C@H](C)n2nnc3ccccc32)[C@@H](C(=O)NC2CCCCC2)c2ccc(OC)cc2)cc1. The number of carbonyl (C=O) groups excluding carboxylic acids is 2. The summed E-state index contributed by atoms with van der Waals surface area (Å²) < 4.78 is 12.6. The van der Waals surface area contributed by atoms with E-state index in [2.05, 4.69) is 15.6 Å². The first-order chi connectivity index (χ1) is 20.0. The van der Waals surface area contributed by atoms with Gasteiger partial charge in [0.15, 0.2) is 0 Å². The van der Waals surface area contributed by atoms with Gasteiger partial charge in [-0.2, -0.15) is 0 Å². The van der Waals surface area contributed by atoms with Crippen LogP contribution in [0, 0.1) is 0 Å². The van der Waals surface area contributed by atoms with E-state index in [0.717, 1.165) is 31.2 Å². The number of fused-ring (bicyclic) bond motifs is 1. The summed E-state index contributed by atoms with van der Waals surface area (Å²) in [6.45, 7) is 4.23. The average molecular weight is 556 g/mol. The summed E-state index contributed by atoms with van der Waals surface area (Å²) in [5.41, 5.74) is 2.69. The van der Waals surface area contributed by atoms with Gasteiger partial charge in [-0.05, 0) is 80.8 Å². The fourth-order valence-corrected chi connectivity index (χ4v) is 5.48. The van der Waals surface area contributed by atoms with Gasteiger partial charge in [-0.3, -0.25) is 14.5 Å². The summed E-state index contributed by atoms with van der Waals surface area (Å²) in [7, 11) is 1.60. The molecule has 9 heteroatoms. The van der Waals surface area contributed by atoms with Gasteiger partial charge in [-0.25, -0.2) is 4.68 Å². The summed E-state index contributed by atoms with van der Waals surface area (Å²) in [4.78, 5) is 30.3. The largest absolute Gasteiger partial charge is 0.497 e. The Kier molecular flexibility index (Phi) is 8.82. The van der Waals surface area contributed by atoms with Crippen LogP contribution >= 0.6 is 0 Å². The van der Waals surface area contributed by atoms with E-state index in [-0.39, 0.29) is 17.9 Å². The number of hydrogen-bond acceptors (Lipinski definition) is 6. The molecule has 3 aromatic carbocycles. The number of aromatic nitrogens is 3. The Morgan fingerprint density at radius 3 is 2.34 bits per heavy atom.